The number of sulfonamides is 1. The first-order valence-electron chi connectivity index (χ1n) is 8.63. The Bertz CT molecular complexity index is 898. The van der Waals surface area contributed by atoms with E-state index < -0.39 is 15.9 Å². The van der Waals surface area contributed by atoms with Crippen molar-refractivity contribution in [2.45, 2.75) is 38.1 Å². The highest BCUT2D eigenvalue weighted by Crippen LogP contribution is 2.33. The van der Waals surface area contributed by atoms with Crippen LogP contribution in [0.2, 0.25) is 5.02 Å². The quantitative estimate of drug-likeness (QED) is 0.687. The molecule has 0 spiro atoms. The van der Waals surface area contributed by atoms with Crippen molar-refractivity contribution in [3.05, 3.63) is 53.1 Å². The van der Waals surface area contributed by atoms with Gasteiger partial charge in [-0.1, -0.05) is 24.6 Å². The van der Waals surface area contributed by atoms with Gasteiger partial charge in [-0.05, 0) is 56.7 Å². The third-order valence-corrected chi connectivity index (χ3v) is 5.80. The van der Waals surface area contributed by atoms with Crippen LogP contribution in [0, 0.1) is 0 Å². The normalized spacial score (nSPS) is 12.4. The fraction of sp³-hybridized carbons (Fsp3) is 0.316. The van der Waals surface area contributed by atoms with Crippen LogP contribution in [0.3, 0.4) is 0 Å². The van der Waals surface area contributed by atoms with Gasteiger partial charge in [-0.3, -0.25) is 4.79 Å². The topological polar surface area (TPSA) is 84.5 Å². The molecule has 0 fully saturated rings. The Morgan fingerprint density at radius 2 is 1.81 bits per heavy atom. The summed E-state index contributed by atoms with van der Waals surface area (Å²) in [5.74, 6) is 0.00372. The van der Waals surface area contributed by atoms with E-state index in [1.54, 1.807) is 25.1 Å². The van der Waals surface area contributed by atoms with Crippen LogP contribution in [0.25, 0.3) is 0 Å². The van der Waals surface area contributed by atoms with Crippen LogP contribution < -0.4 is 14.8 Å². The molecule has 146 valence electrons. The van der Waals surface area contributed by atoms with E-state index in [-0.39, 0.29) is 10.9 Å². The maximum atomic E-state index is 12.5. The number of para-hydroxylation sites is 1. The number of rotatable bonds is 8. The monoisotopic (exact) mass is 410 g/mol. The maximum Gasteiger partial charge on any atom is 0.255 e. The summed E-state index contributed by atoms with van der Waals surface area (Å²) < 4.78 is 32.6. The van der Waals surface area contributed by atoms with Crippen LogP contribution in [-0.4, -0.2) is 27.0 Å². The zero-order chi connectivity index (χ0) is 20.0. The lowest BCUT2D eigenvalue weighted by Crippen LogP contribution is -2.32. The van der Waals surface area contributed by atoms with E-state index in [0.717, 1.165) is 0 Å². The molecular weight excluding hydrogens is 388 g/mol. The number of carbonyl (C=O) groups is 1. The molecule has 0 aliphatic rings. The number of benzene rings is 2. The molecule has 0 saturated heterocycles. The van der Waals surface area contributed by atoms with Gasteiger partial charge in [0.15, 0.2) is 5.75 Å². The minimum Gasteiger partial charge on any atom is -0.490 e. The highest BCUT2D eigenvalue weighted by Gasteiger charge is 2.18. The summed E-state index contributed by atoms with van der Waals surface area (Å²) in [6, 6.07) is 10.6. The number of hydrogen-bond acceptors (Lipinski definition) is 4. The maximum absolute atomic E-state index is 12.5. The first-order valence-corrected chi connectivity index (χ1v) is 10.5. The lowest BCUT2D eigenvalue weighted by Gasteiger charge is -2.14. The summed E-state index contributed by atoms with van der Waals surface area (Å²) >= 11 is 6.11. The Labute approximate surface area is 164 Å². The minimum absolute atomic E-state index is 0.108. The molecule has 2 aromatic carbocycles. The Kier molecular flexibility index (Phi) is 7.24. The predicted molar refractivity (Wildman–Crippen MR) is 107 cm³/mol. The van der Waals surface area contributed by atoms with Gasteiger partial charge < -0.3 is 10.1 Å². The summed E-state index contributed by atoms with van der Waals surface area (Å²) in [5, 5.41) is 3.13. The van der Waals surface area contributed by atoms with Crippen LogP contribution in [0.1, 0.15) is 37.6 Å². The number of anilines is 1. The van der Waals surface area contributed by atoms with Gasteiger partial charge in [-0.2, -0.15) is 0 Å². The number of carbonyl (C=O) groups excluding carboxylic acids is 1. The second-order valence-electron chi connectivity index (χ2n) is 5.96. The number of halogens is 1. The molecule has 0 bridgehead atoms. The van der Waals surface area contributed by atoms with Crippen LogP contribution in [0.5, 0.6) is 5.75 Å². The van der Waals surface area contributed by atoms with Gasteiger partial charge in [0.1, 0.15) is 0 Å². The summed E-state index contributed by atoms with van der Waals surface area (Å²) in [6.07, 6.45) is 0.682. The lowest BCUT2D eigenvalue weighted by molar-refractivity contribution is 0.102. The second-order valence-corrected chi connectivity index (χ2v) is 8.08. The van der Waals surface area contributed by atoms with Gasteiger partial charge in [0.2, 0.25) is 10.0 Å². The molecule has 6 nitrogen and oxygen atoms in total. The van der Waals surface area contributed by atoms with E-state index in [0.29, 0.717) is 35.1 Å². The molecule has 8 heteroatoms. The van der Waals surface area contributed by atoms with Crippen molar-refractivity contribution in [2.75, 3.05) is 11.9 Å². The fourth-order valence-corrected chi connectivity index (χ4v) is 3.85. The molecule has 27 heavy (non-hydrogen) atoms. The number of ether oxygens (including phenoxy) is 1. The van der Waals surface area contributed by atoms with E-state index in [1.165, 1.54) is 24.3 Å². The molecule has 1 atom stereocenters. The number of nitrogens with one attached hydrogen (secondary N) is 2. The van der Waals surface area contributed by atoms with Gasteiger partial charge >= 0.3 is 0 Å². The van der Waals surface area contributed by atoms with Crippen molar-refractivity contribution in [2.24, 2.45) is 0 Å². The summed E-state index contributed by atoms with van der Waals surface area (Å²) in [6.45, 7) is 5.91. The molecule has 2 N–H and O–H groups in total. The predicted octanol–water partition coefficient (Wildman–Crippen LogP) is 4.07. The molecule has 0 heterocycles. The first kappa shape index (κ1) is 21.2. The first-order chi connectivity index (χ1) is 12.8. The number of hydrogen-bond donors (Lipinski definition) is 2. The molecule has 2 rings (SSSR count). The molecule has 0 radical (unpaired) electrons. The SMILES string of the molecule is CCOc1c(Cl)cccc1NC(=O)c1ccc(S(=O)(=O)NC(C)CC)cc1. The molecule has 0 aliphatic carbocycles. The summed E-state index contributed by atoms with van der Waals surface area (Å²) in [5.41, 5.74) is 0.768. The van der Waals surface area contributed by atoms with Gasteiger partial charge in [0, 0.05) is 11.6 Å². The number of amides is 1. The Morgan fingerprint density at radius 3 is 2.41 bits per heavy atom. The van der Waals surface area contributed by atoms with Gasteiger partial charge in [0.05, 0.1) is 22.2 Å². The Morgan fingerprint density at radius 1 is 1.15 bits per heavy atom. The van der Waals surface area contributed by atoms with E-state index >= 15 is 0 Å². The van der Waals surface area contributed by atoms with Crippen LogP contribution in [0.15, 0.2) is 47.4 Å². The fourth-order valence-electron chi connectivity index (χ4n) is 2.29. The van der Waals surface area contributed by atoms with Crippen molar-refractivity contribution >= 4 is 33.2 Å². The average molecular weight is 411 g/mol. The van der Waals surface area contributed by atoms with E-state index in [9.17, 15) is 13.2 Å². The van der Waals surface area contributed by atoms with Gasteiger partial charge in [0.25, 0.3) is 5.91 Å². The Balaban J connectivity index is 2.18. The highest BCUT2D eigenvalue weighted by atomic mass is 35.5. The molecule has 2 aromatic rings. The minimum atomic E-state index is -3.61. The molecule has 0 aliphatic heterocycles. The summed E-state index contributed by atoms with van der Waals surface area (Å²) in [7, 11) is -3.61. The van der Waals surface area contributed by atoms with Gasteiger partial charge in [-0.15, -0.1) is 0 Å². The van der Waals surface area contributed by atoms with E-state index in [2.05, 4.69) is 10.0 Å². The summed E-state index contributed by atoms with van der Waals surface area (Å²) in [4.78, 5) is 12.6. The van der Waals surface area contributed by atoms with Crippen molar-refractivity contribution in [3.63, 3.8) is 0 Å². The van der Waals surface area contributed by atoms with E-state index in [1.807, 2.05) is 13.8 Å². The third-order valence-electron chi connectivity index (χ3n) is 3.90. The molecular formula is C19H23ClN2O4S. The standard InChI is InChI=1S/C19H23ClN2O4S/c1-4-13(3)22-27(24,25)15-11-9-14(10-12-15)19(23)21-17-8-6-7-16(20)18(17)26-5-2/h6-13,22H,4-5H2,1-3H3,(H,21,23). The highest BCUT2D eigenvalue weighted by molar-refractivity contribution is 7.89. The van der Waals surface area contributed by atoms with Crippen LogP contribution >= 0.6 is 11.6 Å². The molecule has 1 unspecified atom stereocenters. The van der Waals surface area contributed by atoms with Crippen LogP contribution in [-0.2, 0) is 10.0 Å². The Hall–Kier alpha value is -2.09. The van der Waals surface area contributed by atoms with Crippen LogP contribution in [0.4, 0.5) is 5.69 Å². The molecule has 1 amide bonds. The molecule has 0 saturated carbocycles. The van der Waals surface area contributed by atoms with Crippen molar-refractivity contribution in [1.82, 2.24) is 4.72 Å². The average Bonchev–Trinajstić information content (AvgIpc) is 2.64. The third kappa shape index (κ3) is 5.45. The zero-order valence-corrected chi connectivity index (χ0v) is 17.0. The largest absolute Gasteiger partial charge is 0.490 e. The van der Waals surface area contributed by atoms with Crippen molar-refractivity contribution in [3.8, 4) is 5.75 Å². The van der Waals surface area contributed by atoms with Gasteiger partial charge in [-0.25, -0.2) is 13.1 Å². The molecule has 0 aromatic heterocycles. The smallest absolute Gasteiger partial charge is 0.255 e. The van der Waals surface area contributed by atoms with Crippen molar-refractivity contribution in [1.29, 1.82) is 0 Å². The second kappa shape index (κ2) is 9.21. The zero-order valence-electron chi connectivity index (χ0n) is 15.5. The van der Waals surface area contributed by atoms with E-state index in [4.69, 9.17) is 16.3 Å². The lowest BCUT2D eigenvalue weighted by atomic mass is 10.2. The van der Waals surface area contributed by atoms with Crippen molar-refractivity contribution < 1.29 is 17.9 Å².